The smallest absolute Gasteiger partial charge is 0.240 e. The van der Waals surface area contributed by atoms with Crippen LogP contribution in [0.15, 0.2) is 41.8 Å². The molecular formula is C14H17N3O3S. The lowest BCUT2D eigenvalue weighted by molar-refractivity contribution is 0.356. The van der Waals surface area contributed by atoms with Gasteiger partial charge in [-0.05, 0) is 30.2 Å². The van der Waals surface area contributed by atoms with E-state index in [2.05, 4.69) is 9.71 Å². The fourth-order valence-corrected chi connectivity index (χ4v) is 3.42. The number of hydrogen-bond donors (Lipinski definition) is 1. The minimum atomic E-state index is -3.45. The molecule has 112 valence electrons. The highest BCUT2D eigenvalue weighted by molar-refractivity contribution is 7.89. The van der Waals surface area contributed by atoms with Gasteiger partial charge in [-0.25, -0.2) is 18.1 Å². The molecule has 6 nitrogen and oxygen atoms in total. The Morgan fingerprint density at radius 1 is 1.38 bits per heavy atom. The van der Waals surface area contributed by atoms with Crippen LogP contribution in [-0.4, -0.2) is 31.1 Å². The van der Waals surface area contributed by atoms with Gasteiger partial charge in [0.05, 0.1) is 17.8 Å². The molecule has 1 aromatic carbocycles. The van der Waals surface area contributed by atoms with Gasteiger partial charge in [-0.1, -0.05) is 0 Å². The normalized spacial score (nSPS) is 13.9. The molecule has 0 spiro atoms. The van der Waals surface area contributed by atoms with Crippen molar-refractivity contribution < 1.29 is 13.2 Å². The summed E-state index contributed by atoms with van der Waals surface area (Å²) in [6.45, 7) is 1.76. The van der Waals surface area contributed by atoms with E-state index in [9.17, 15) is 8.42 Å². The number of hydrogen-bond acceptors (Lipinski definition) is 4. The molecule has 0 radical (unpaired) electrons. The number of rotatable bonds is 6. The van der Waals surface area contributed by atoms with Gasteiger partial charge in [0.1, 0.15) is 5.75 Å². The first-order valence-electron chi connectivity index (χ1n) is 6.86. The third-order valence-corrected chi connectivity index (χ3v) is 4.87. The monoisotopic (exact) mass is 307 g/mol. The standard InChI is InChI=1S/C14H17N3O3S/c18-21(19,16-5-1-7-17-8-6-15-11-17)13-2-3-14-12(10-13)4-9-20-14/h2-3,6,8,10-11,16H,1,4-5,7,9H2. The van der Waals surface area contributed by atoms with Crippen LogP contribution >= 0.6 is 0 Å². The molecule has 2 aromatic rings. The van der Waals surface area contributed by atoms with Crippen LogP contribution in [-0.2, 0) is 23.0 Å². The molecule has 7 heteroatoms. The van der Waals surface area contributed by atoms with Crippen LogP contribution in [0, 0.1) is 0 Å². The van der Waals surface area contributed by atoms with E-state index in [1.807, 2.05) is 10.8 Å². The van der Waals surface area contributed by atoms with Crippen molar-refractivity contribution in [2.45, 2.75) is 24.3 Å². The van der Waals surface area contributed by atoms with E-state index in [0.717, 1.165) is 24.3 Å². The average molecular weight is 307 g/mol. The van der Waals surface area contributed by atoms with Gasteiger partial charge in [-0.3, -0.25) is 0 Å². The molecule has 1 aliphatic rings. The van der Waals surface area contributed by atoms with Crippen molar-refractivity contribution in [3.05, 3.63) is 42.5 Å². The zero-order valence-corrected chi connectivity index (χ0v) is 12.3. The highest BCUT2D eigenvalue weighted by Crippen LogP contribution is 2.27. The summed E-state index contributed by atoms with van der Waals surface area (Å²) < 4.78 is 34.4. The molecule has 0 unspecified atom stereocenters. The number of nitrogens with one attached hydrogen (secondary N) is 1. The summed E-state index contributed by atoms with van der Waals surface area (Å²) in [6.07, 6.45) is 6.75. The fourth-order valence-electron chi connectivity index (χ4n) is 2.30. The maximum Gasteiger partial charge on any atom is 0.240 e. The quantitative estimate of drug-likeness (QED) is 0.814. The van der Waals surface area contributed by atoms with Crippen LogP contribution < -0.4 is 9.46 Å². The van der Waals surface area contributed by atoms with Gasteiger partial charge in [0.25, 0.3) is 0 Å². The molecule has 0 fully saturated rings. The van der Waals surface area contributed by atoms with Crippen molar-refractivity contribution in [2.24, 2.45) is 0 Å². The SMILES string of the molecule is O=S(=O)(NCCCn1ccnc1)c1ccc2c(c1)CCO2. The molecule has 0 saturated heterocycles. The largest absolute Gasteiger partial charge is 0.493 e. The average Bonchev–Trinajstić information content (AvgIpc) is 3.13. The molecule has 0 bridgehead atoms. The van der Waals surface area contributed by atoms with Gasteiger partial charge < -0.3 is 9.30 Å². The lowest BCUT2D eigenvalue weighted by Crippen LogP contribution is -2.25. The van der Waals surface area contributed by atoms with Crippen molar-refractivity contribution in [1.82, 2.24) is 14.3 Å². The first-order valence-corrected chi connectivity index (χ1v) is 8.35. The molecule has 1 aromatic heterocycles. The van der Waals surface area contributed by atoms with Gasteiger partial charge in [-0.2, -0.15) is 0 Å². The molecule has 0 aliphatic carbocycles. The van der Waals surface area contributed by atoms with Gasteiger partial charge >= 0.3 is 0 Å². The summed E-state index contributed by atoms with van der Waals surface area (Å²) in [5, 5.41) is 0. The van der Waals surface area contributed by atoms with Crippen LogP contribution in [0.4, 0.5) is 0 Å². The fraction of sp³-hybridized carbons (Fsp3) is 0.357. The second-order valence-corrected chi connectivity index (χ2v) is 6.69. The van der Waals surface area contributed by atoms with Gasteiger partial charge in [-0.15, -0.1) is 0 Å². The maximum atomic E-state index is 12.2. The van der Waals surface area contributed by atoms with Crippen LogP contribution in [0.2, 0.25) is 0 Å². The van der Waals surface area contributed by atoms with E-state index >= 15 is 0 Å². The summed E-state index contributed by atoms with van der Waals surface area (Å²) in [5.74, 6) is 0.786. The number of fused-ring (bicyclic) bond motifs is 1. The summed E-state index contributed by atoms with van der Waals surface area (Å²) in [7, 11) is -3.45. The number of nitrogens with zero attached hydrogens (tertiary/aromatic N) is 2. The van der Waals surface area contributed by atoms with Crippen molar-refractivity contribution in [3.63, 3.8) is 0 Å². The Labute approximate surface area is 123 Å². The molecule has 1 aliphatic heterocycles. The van der Waals surface area contributed by atoms with Gasteiger partial charge in [0, 0.05) is 31.9 Å². The number of aromatic nitrogens is 2. The Morgan fingerprint density at radius 3 is 3.10 bits per heavy atom. The van der Waals surface area contributed by atoms with Crippen LogP contribution in [0.3, 0.4) is 0 Å². The van der Waals surface area contributed by atoms with Gasteiger partial charge in [0.2, 0.25) is 10.0 Å². The minimum Gasteiger partial charge on any atom is -0.493 e. The Balaban J connectivity index is 1.59. The first-order chi connectivity index (χ1) is 10.1. The Kier molecular flexibility index (Phi) is 3.94. The molecule has 21 heavy (non-hydrogen) atoms. The molecule has 1 N–H and O–H groups in total. The summed E-state index contributed by atoms with van der Waals surface area (Å²) in [6, 6.07) is 5.01. The molecular weight excluding hydrogens is 290 g/mol. The second-order valence-electron chi connectivity index (χ2n) is 4.92. The zero-order chi connectivity index (χ0) is 14.7. The minimum absolute atomic E-state index is 0.300. The van der Waals surface area contributed by atoms with E-state index in [-0.39, 0.29) is 0 Å². The molecule has 2 heterocycles. The van der Waals surface area contributed by atoms with E-state index in [4.69, 9.17) is 4.74 Å². The molecule has 0 saturated carbocycles. The Morgan fingerprint density at radius 2 is 2.29 bits per heavy atom. The van der Waals surface area contributed by atoms with E-state index in [0.29, 0.717) is 24.5 Å². The predicted molar refractivity (Wildman–Crippen MR) is 77.7 cm³/mol. The number of benzene rings is 1. The lowest BCUT2D eigenvalue weighted by atomic mass is 10.2. The Hall–Kier alpha value is -1.86. The second kappa shape index (κ2) is 5.87. The van der Waals surface area contributed by atoms with Crippen LogP contribution in [0.5, 0.6) is 5.75 Å². The number of sulfonamides is 1. The van der Waals surface area contributed by atoms with Crippen molar-refractivity contribution >= 4 is 10.0 Å². The van der Waals surface area contributed by atoms with E-state index < -0.39 is 10.0 Å². The maximum absolute atomic E-state index is 12.2. The third-order valence-electron chi connectivity index (χ3n) is 3.42. The molecule has 0 amide bonds. The highest BCUT2D eigenvalue weighted by Gasteiger charge is 2.18. The number of ether oxygens (including phenoxy) is 1. The summed E-state index contributed by atoms with van der Waals surface area (Å²) in [4.78, 5) is 4.24. The van der Waals surface area contributed by atoms with Gasteiger partial charge in [0.15, 0.2) is 0 Å². The highest BCUT2D eigenvalue weighted by atomic mass is 32.2. The van der Waals surface area contributed by atoms with Crippen molar-refractivity contribution in [3.8, 4) is 5.75 Å². The summed E-state index contributed by atoms with van der Waals surface area (Å²) >= 11 is 0. The van der Waals surface area contributed by atoms with E-state index in [1.54, 1.807) is 30.7 Å². The topological polar surface area (TPSA) is 73.2 Å². The summed E-state index contributed by atoms with van der Waals surface area (Å²) in [5.41, 5.74) is 0.955. The Bertz CT molecular complexity index is 711. The van der Waals surface area contributed by atoms with Crippen molar-refractivity contribution in [2.75, 3.05) is 13.2 Å². The number of imidazole rings is 1. The first kappa shape index (κ1) is 14.1. The predicted octanol–water partition coefficient (Wildman–Crippen LogP) is 1.19. The van der Waals surface area contributed by atoms with Crippen molar-refractivity contribution in [1.29, 1.82) is 0 Å². The lowest BCUT2D eigenvalue weighted by Gasteiger charge is -2.08. The van der Waals surface area contributed by atoms with Crippen LogP contribution in [0.1, 0.15) is 12.0 Å². The number of aryl methyl sites for hydroxylation is 1. The molecule has 3 rings (SSSR count). The molecule has 0 atom stereocenters. The third kappa shape index (κ3) is 3.25. The van der Waals surface area contributed by atoms with Crippen LogP contribution in [0.25, 0.3) is 0 Å². The zero-order valence-electron chi connectivity index (χ0n) is 11.5. The van der Waals surface area contributed by atoms with E-state index in [1.165, 1.54) is 0 Å².